The van der Waals surface area contributed by atoms with E-state index in [0.29, 0.717) is 24.0 Å². The van der Waals surface area contributed by atoms with Crippen LogP contribution in [0.15, 0.2) is 84.9 Å². The Kier molecular flexibility index (Phi) is 13.9. The predicted octanol–water partition coefficient (Wildman–Crippen LogP) is 3.87. The molecule has 1 fully saturated rings. The van der Waals surface area contributed by atoms with Crippen LogP contribution in [0, 0.1) is 0 Å². The second kappa shape index (κ2) is 18.3. The van der Waals surface area contributed by atoms with E-state index in [1.165, 1.54) is 31.7 Å². The first kappa shape index (κ1) is 39.5. The topological polar surface area (TPSA) is 150 Å². The molecule has 278 valence electrons. The molecule has 1 aliphatic rings. The third kappa shape index (κ3) is 11.1. The number of hydrogen-bond donors (Lipinski definition) is 2. The van der Waals surface area contributed by atoms with Crippen LogP contribution >= 0.6 is 0 Å². The van der Waals surface area contributed by atoms with Crippen LogP contribution < -0.4 is 11.5 Å². The van der Waals surface area contributed by atoms with Gasteiger partial charge in [-0.15, -0.1) is 0 Å². The van der Waals surface area contributed by atoms with Crippen molar-refractivity contribution in [3.63, 3.8) is 0 Å². The molecule has 52 heavy (non-hydrogen) atoms. The molecule has 1 unspecified atom stereocenters. The molecule has 11 nitrogen and oxygen atoms in total. The highest BCUT2D eigenvalue weighted by Crippen LogP contribution is 2.30. The van der Waals surface area contributed by atoms with Crippen molar-refractivity contribution in [2.75, 3.05) is 32.7 Å². The molecule has 1 saturated carbocycles. The minimum Gasteiger partial charge on any atom is -0.368 e. The molecule has 0 heterocycles. The number of hydrogen-bond acceptors (Lipinski definition) is 6. The van der Waals surface area contributed by atoms with Crippen molar-refractivity contribution in [1.29, 1.82) is 0 Å². The van der Waals surface area contributed by atoms with Crippen LogP contribution in [0.25, 0.3) is 0 Å². The van der Waals surface area contributed by atoms with Gasteiger partial charge in [-0.25, -0.2) is 0 Å². The molecule has 0 aromatic heterocycles. The second-order valence-corrected chi connectivity index (χ2v) is 12.9. The van der Waals surface area contributed by atoms with Gasteiger partial charge in [0.1, 0.15) is 19.6 Å². The van der Waals surface area contributed by atoms with Gasteiger partial charge in [0.2, 0.25) is 29.5 Å². The van der Waals surface area contributed by atoms with Crippen molar-refractivity contribution < 1.29 is 37.1 Å². The Balaban J connectivity index is 1.66. The van der Waals surface area contributed by atoms with Crippen molar-refractivity contribution in [2.24, 2.45) is 11.5 Å². The largest absolute Gasteiger partial charge is 0.416 e. The monoisotopic (exact) mass is 722 g/mol. The summed E-state index contributed by atoms with van der Waals surface area (Å²) in [5, 5.41) is 0. The highest BCUT2D eigenvalue weighted by molar-refractivity contribution is 5.91. The molecule has 4 rings (SSSR count). The molecule has 1 atom stereocenters. The van der Waals surface area contributed by atoms with Crippen molar-refractivity contribution >= 4 is 29.5 Å². The Bertz CT molecular complexity index is 1670. The lowest BCUT2D eigenvalue weighted by atomic mass is 10.1. The van der Waals surface area contributed by atoms with E-state index in [-0.39, 0.29) is 32.2 Å². The van der Waals surface area contributed by atoms with E-state index in [1.54, 1.807) is 61.5 Å². The van der Waals surface area contributed by atoms with Crippen LogP contribution in [0.2, 0.25) is 0 Å². The fraction of sp³-hybridized carbons (Fsp3) is 0.395. The molecule has 0 spiro atoms. The number of rotatable bonds is 16. The summed E-state index contributed by atoms with van der Waals surface area (Å²) < 4.78 is 40.0. The lowest BCUT2D eigenvalue weighted by Gasteiger charge is -2.35. The average molecular weight is 723 g/mol. The van der Waals surface area contributed by atoms with Crippen LogP contribution in [0.4, 0.5) is 13.2 Å². The minimum absolute atomic E-state index is 0.0507. The van der Waals surface area contributed by atoms with Crippen molar-refractivity contribution in [1.82, 2.24) is 19.6 Å². The Morgan fingerprint density at radius 3 is 1.75 bits per heavy atom. The number of nitrogens with zero attached hydrogens (tertiary/aromatic N) is 4. The second-order valence-electron chi connectivity index (χ2n) is 12.9. The Hall–Kier alpha value is -5.24. The summed E-state index contributed by atoms with van der Waals surface area (Å²) in [5.41, 5.74) is 12.1. The zero-order chi connectivity index (χ0) is 37.8. The van der Waals surface area contributed by atoms with Crippen LogP contribution in [-0.2, 0) is 43.2 Å². The number of nitrogens with two attached hydrogens (primary N) is 2. The summed E-state index contributed by atoms with van der Waals surface area (Å²) in [7, 11) is 0. The summed E-state index contributed by atoms with van der Waals surface area (Å²) in [5.74, 6) is -2.99. The van der Waals surface area contributed by atoms with E-state index in [9.17, 15) is 37.1 Å². The van der Waals surface area contributed by atoms with Crippen molar-refractivity contribution in [3.05, 3.63) is 107 Å². The van der Waals surface area contributed by atoms with Crippen LogP contribution in [-0.4, -0.2) is 87.9 Å². The molecule has 0 bridgehead atoms. The average Bonchev–Trinajstić information content (AvgIpc) is 3.67. The van der Waals surface area contributed by atoms with E-state index < -0.39 is 67.0 Å². The molecule has 4 N–H and O–H groups in total. The highest BCUT2D eigenvalue weighted by atomic mass is 19.4. The van der Waals surface area contributed by atoms with E-state index in [4.69, 9.17) is 11.5 Å². The molecular weight excluding hydrogens is 677 g/mol. The summed E-state index contributed by atoms with van der Waals surface area (Å²) in [6.07, 6.45) is -1.45. The molecule has 0 saturated heterocycles. The predicted molar refractivity (Wildman–Crippen MR) is 188 cm³/mol. The maximum absolute atomic E-state index is 14.3. The van der Waals surface area contributed by atoms with Gasteiger partial charge < -0.3 is 31.1 Å². The van der Waals surface area contributed by atoms with Gasteiger partial charge in [0, 0.05) is 19.1 Å². The van der Waals surface area contributed by atoms with Gasteiger partial charge in [0.05, 0.1) is 24.7 Å². The van der Waals surface area contributed by atoms with Crippen LogP contribution in [0.1, 0.15) is 60.9 Å². The van der Waals surface area contributed by atoms with E-state index in [2.05, 4.69) is 0 Å². The molecule has 1 aliphatic carbocycles. The van der Waals surface area contributed by atoms with E-state index in [1.807, 2.05) is 6.07 Å². The number of benzene rings is 3. The SMILES string of the molecule is CC(c1ccccc1)N(CC(=O)N(CC(N)=O)Cc1ccccc1)C(=O)CN(Cc1ccc(C(F)(F)F)cc1)C(=O)CN(C(=O)CN)C1CCCC1. The molecule has 3 aromatic rings. The minimum atomic E-state index is -4.57. The van der Waals surface area contributed by atoms with Crippen molar-refractivity contribution in [3.8, 4) is 0 Å². The Morgan fingerprint density at radius 2 is 1.21 bits per heavy atom. The van der Waals surface area contributed by atoms with E-state index in [0.717, 1.165) is 30.5 Å². The quantitative estimate of drug-likeness (QED) is 0.229. The standard InChI is InChI=1S/C38H45F3N6O5/c1-27(30-12-6-3-7-13-30)46(25-35(50)44(23-33(43)48)21-28-10-4-2-5-11-28)37(52)24-45(22-29-16-18-31(19-17-29)38(39,40)41)36(51)26-47(34(49)20-42)32-14-8-9-15-32/h2-7,10-13,16-19,27,32H,8-9,14-15,20-26,42H2,1H3,(H2,43,48). The molecule has 14 heteroatoms. The normalized spacial score (nSPS) is 13.6. The van der Waals surface area contributed by atoms with Crippen LogP contribution in [0.5, 0.6) is 0 Å². The van der Waals surface area contributed by atoms with Gasteiger partial charge in [-0.1, -0.05) is 85.6 Å². The third-order valence-corrected chi connectivity index (χ3v) is 9.19. The van der Waals surface area contributed by atoms with Gasteiger partial charge >= 0.3 is 6.18 Å². The lowest BCUT2D eigenvalue weighted by Crippen LogP contribution is -2.52. The molecule has 3 aromatic carbocycles. The summed E-state index contributed by atoms with van der Waals surface area (Å²) >= 11 is 0. The van der Waals surface area contributed by atoms with Gasteiger partial charge in [-0.3, -0.25) is 24.0 Å². The zero-order valence-corrected chi connectivity index (χ0v) is 29.1. The molecule has 0 radical (unpaired) electrons. The molecular formula is C38H45F3N6O5. The van der Waals surface area contributed by atoms with E-state index >= 15 is 0 Å². The van der Waals surface area contributed by atoms with Gasteiger partial charge in [-0.2, -0.15) is 13.2 Å². The fourth-order valence-corrected chi connectivity index (χ4v) is 6.33. The number of carbonyl (C=O) groups excluding carboxylic acids is 5. The van der Waals surface area contributed by atoms with Crippen LogP contribution in [0.3, 0.4) is 0 Å². The summed E-state index contributed by atoms with van der Waals surface area (Å²) in [6.45, 7) is -0.621. The Labute approximate surface area is 301 Å². The number of halogens is 3. The fourth-order valence-electron chi connectivity index (χ4n) is 6.33. The maximum atomic E-state index is 14.3. The number of primary amides is 1. The number of amides is 5. The summed E-state index contributed by atoms with van der Waals surface area (Å²) in [6, 6.07) is 21.2. The maximum Gasteiger partial charge on any atom is 0.416 e. The molecule has 0 aliphatic heterocycles. The first-order valence-electron chi connectivity index (χ1n) is 17.1. The first-order valence-corrected chi connectivity index (χ1v) is 17.1. The molecule has 5 amide bonds. The smallest absolute Gasteiger partial charge is 0.368 e. The number of alkyl halides is 3. The Morgan fingerprint density at radius 1 is 0.692 bits per heavy atom. The van der Waals surface area contributed by atoms with Gasteiger partial charge in [-0.05, 0) is 48.6 Å². The highest BCUT2D eigenvalue weighted by Gasteiger charge is 2.34. The number of carbonyl (C=O) groups is 5. The first-order chi connectivity index (χ1) is 24.8. The zero-order valence-electron chi connectivity index (χ0n) is 29.1. The van der Waals surface area contributed by atoms with Crippen molar-refractivity contribution in [2.45, 2.75) is 64.0 Å². The lowest BCUT2D eigenvalue weighted by molar-refractivity contribution is -0.148. The van der Waals surface area contributed by atoms with Gasteiger partial charge in [0.15, 0.2) is 0 Å². The third-order valence-electron chi connectivity index (χ3n) is 9.19. The van der Waals surface area contributed by atoms with Gasteiger partial charge in [0.25, 0.3) is 0 Å². The summed E-state index contributed by atoms with van der Waals surface area (Å²) in [4.78, 5) is 72.3.